The van der Waals surface area contributed by atoms with Gasteiger partial charge >= 0.3 is 0 Å². The first-order valence-electron chi connectivity index (χ1n) is 5.83. The van der Waals surface area contributed by atoms with Crippen molar-refractivity contribution < 1.29 is 0 Å². The van der Waals surface area contributed by atoms with Crippen molar-refractivity contribution in [2.45, 2.75) is 20.8 Å². The van der Waals surface area contributed by atoms with Crippen LogP contribution in [0.5, 0.6) is 0 Å². The summed E-state index contributed by atoms with van der Waals surface area (Å²) in [7, 11) is 0. The molecule has 0 fully saturated rings. The number of hydrogen-bond acceptors (Lipinski definition) is 4. The maximum absolute atomic E-state index is 4.32. The number of hydrogen-bond donors (Lipinski definition) is 1. The minimum absolute atomic E-state index is 0.718. The molecule has 18 heavy (non-hydrogen) atoms. The van der Waals surface area contributed by atoms with Crippen LogP contribution in [-0.4, -0.2) is 15.7 Å². The number of hydrazone groups is 1. The van der Waals surface area contributed by atoms with E-state index in [4.69, 9.17) is 0 Å². The fourth-order valence-corrected chi connectivity index (χ4v) is 1.66. The topological polar surface area (TPSA) is 50.2 Å². The van der Waals surface area contributed by atoms with Gasteiger partial charge in [0.1, 0.15) is 11.6 Å². The molecular weight excluding hydrogens is 224 g/mol. The summed E-state index contributed by atoms with van der Waals surface area (Å²) in [6.07, 6.45) is 0. The fourth-order valence-electron chi connectivity index (χ4n) is 1.66. The van der Waals surface area contributed by atoms with Gasteiger partial charge in [0, 0.05) is 11.8 Å². The van der Waals surface area contributed by atoms with Crippen molar-refractivity contribution in [2.75, 3.05) is 5.43 Å². The van der Waals surface area contributed by atoms with Crippen LogP contribution < -0.4 is 5.43 Å². The molecule has 0 saturated heterocycles. The Kier molecular flexibility index (Phi) is 3.67. The van der Waals surface area contributed by atoms with Crippen molar-refractivity contribution in [1.82, 2.24) is 9.97 Å². The Morgan fingerprint density at radius 1 is 1.11 bits per heavy atom. The molecule has 1 N–H and O–H groups in total. The monoisotopic (exact) mass is 240 g/mol. The van der Waals surface area contributed by atoms with Gasteiger partial charge in [-0.3, -0.25) is 5.43 Å². The van der Waals surface area contributed by atoms with E-state index in [1.807, 2.05) is 57.2 Å². The predicted molar refractivity (Wildman–Crippen MR) is 73.8 cm³/mol. The van der Waals surface area contributed by atoms with Gasteiger partial charge in [-0.1, -0.05) is 30.3 Å². The van der Waals surface area contributed by atoms with Gasteiger partial charge in [0.15, 0.2) is 0 Å². The van der Waals surface area contributed by atoms with Crippen LogP contribution in [0, 0.1) is 13.8 Å². The third-order valence-electron chi connectivity index (χ3n) is 2.50. The summed E-state index contributed by atoms with van der Waals surface area (Å²) in [4.78, 5) is 8.49. The highest BCUT2D eigenvalue weighted by atomic mass is 15.3. The largest absolute Gasteiger partial charge is 0.261 e. The average molecular weight is 240 g/mol. The molecule has 0 aliphatic rings. The third kappa shape index (κ3) is 3.13. The number of aryl methyl sites for hydroxylation is 2. The highest BCUT2D eigenvalue weighted by Crippen LogP contribution is 2.07. The van der Waals surface area contributed by atoms with Gasteiger partial charge in [-0.05, 0) is 26.3 Å². The highest BCUT2D eigenvalue weighted by Gasteiger charge is 1.98. The molecular formula is C14H16N4. The van der Waals surface area contributed by atoms with Crippen LogP contribution in [0.3, 0.4) is 0 Å². The maximum Gasteiger partial charge on any atom is 0.150 e. The van der Waals surface area contributed by atoms with E-state index in [1.165, 1.54) is 0 Å². The molecule has 0 saturated carbocycles. The summed E-state index contributed by atoms with van der Waals surface area (Å²) >= 11 is 0. The summed E-state index contributed by atoms with van der Waals surface area (Å²) in [5.74, 6) is 1.46. The van der Waals surface area contributed by atoms with Crippen molar-refractivity contribution in [3.05, 3.63) is 53.5 Å². The number of rotatable bonds is 3. The van der Waals surface area contributed by atoms with Crippen molar-refractivity contribution in [3.63, 3.8) is 0 Å². The molecule has 4 heteroatoms. The number of nitrogens with one attached hydrogen (secondary N) is 1. The van der Waals surface area contributed by atoms with Crippen molar-refractivity contribution >= 4 is 11.5 Å². The zero-order valence-electron chi connectivity index (χ0n) is 10.8. The average Bonchev–Trinajstić information content (AvgIpc) is 2.36. The molecule has 0 atom stereocenters. The van der Waals surface area contributed by atoms with E-state index in [0.29, 0.717) is 0 Å². The number of aromatic nitrogens is 2. The van der Waals surface area contributed by atoms with Crippen LogP contribution in [0.25, 0.3) is 0 Å². The Bertz CT molecular complexity index is 541. The number of nitrogens with zero attached hydrogens (tertiary/aromatic N) is 3. The minimum Gasteiger partial charge on any atom is -0.261 e. The lowest BCUT2D eigenvalue weighted by molar-refractivity contribution is 1.00. The lowest BCUT2D eigenvalue weighted by Crippen LogP contribution is -2.02. The first kappa shape index (κ1) is 12.2. The smallest absolute Gasteiger partial charge is 0.150 e. The quantitative estimate of drug-likeness (QED) is 0.663. The molecule has 92 valence electrons. The van der Waals surface area contributed by atoms with Gasteiger partial charge in [-0.25, -0.2) is 9.97 Å². The maximum atomic E-state index is 4.32. The molecule has 0 spiro atoms. The van der Waals surface area contributed by atoms with Crippen LogP contribution in [0.4, 0.5) is 5.82 Å². The van der Waals surface area contributed by atoms with E-state index in [2.05, 4.69) is 20.5 Å². The predicted octanol–water partition coefficient (Wildman–Crippen LogP) is 2.93. The molecule has 1 heterocycles. The van der Waals surface area contributed by atoms with Crippen LogP contribution in [0.1, 0.15) is 24.0 Å². The van der Waals surface area contributed by atoms with Gasteiger partial charge in [0.25, 0.3) is 0 Å². The summed E-state index contributed by atoms with van der Waals surface area (Å²) in [5.41, 5.74) is 5.90. The molecule has 0 amide bonds. The van der Waals surface area contributed by atoms with Crippen molar-refractivity contribution in [1.29, 1.82) is 0 Å². The van der Waals surface area contributed by atoms with Crippen LogP contribution in [0.2, 0.25) is 0 Å². The zero-order valence-corrected chi connectivity index (χ0v) is 10.8. The van der Waals surface area contributed by atoms with Crippen LogP contribution in [-0.2, 0) is 0 Å². The molecule has 4 nitrogen and oxygen atoms in total. The Morgan fingerprint density at radius 2 is 1.83 bits per heavy atom. The first-order valence-corrected chi connectivity index (χ1v) is 5.83. The first-order chi connectivity index (χ1) is 8.65. The summed E-state index contributed by atoms with van der Waals surface area (Å²) in [5, 5.41) is 4.32. The van der Waals surface area contributed by atoms with Crippen LogP contribution >= 0.6 is 0 Å². The Morgan fingerprint density at radius 3 is 2.50 bits per heavy atom. The SMILES string of the molecule is C/C(=N/Nc1cc(C)nc(C)n1)c1ccccc1. The van der Waals surface area contributed by atoms with Gasteiger partial charge in [0.2, 0.25) is 0 Å². The standard InChI is InChI=1S/C14H16N4/c1-10-9-14(16-12(3)15-10)18-17-11(2)13-7-5-4-6-8-13/h4-9H,1-3H3,(H,15,16,18)/b17-11-. The van der Waals surface area contributed by atoms with Gasteiger partial charge in [0.05, 0.1) is 5.71 Å². The minimum atomic E-state index is 0.718. The van der Waals surface area contributed by atoms with E-state index in [0.717, 1.165) is 28.6 Å². The fraction of sp³-hybridized carbons (Fsp3) is 0.214. The number of anilines is 1. The van der Waals surface area contributed by atoms with Crippen LogP contribution in [0.15, 0.2) is 41.5 Å². The van der Waals surface area contributed by atoms with Gasteiger partial charge < -0.3 is 0 Å². The van der Waals surface area contributed by atoms with E-state index < -0.39 is 0 Å². The van der Waals surface area contributed by atoms with E-state index in [9.17, 15) is 0 Å². The van der Waals surface area contributed by atoms with Gasteiger partial charge in [-0.15, -0.1) is 0 Å². The normalized spacial score (nSPS) is 11.4. The molecule has 0 unspecified atom stereocenters. The van der Waals surface area contributed by atoms with Gasteiger partial charge in [-0.2, -0.15) is 5.10 Å². The second-order valence-corrected chi connectivity index (χ2v) is 4.12. The third-order valence-corrected chi connectivity index (χ3v) is 2.50. The number of benzene rings is 1. The van der Waals surface area contributed by atoms with E-state index in [-0.39, 0.29) is 0 Å². The Hall–Kier alpha value is -2.23. The molecule has 0 aliphatic heterocycles. The Balaban J connectivity index is 2.15. The van der Waals surface area contributed by atoms with Crippen molar-refractivity contribution in [2.24, 2.45) is 5.10 Å². The molecule has 0 radical (unpaired) electrons. The lowest BCUT2D eigenvalue weighted by Gasteiger charge is -2.04. The summed E-state index contributed by atoms with van der Waals surface area (Å²) in [6, 6.07) is 11.9. The highest BCUT2D eigenvalue weighted by molar-refractivity contribution is 5.98. The molecule has 2 aromatic rings. The zero-order chi connectivity index (χ0) is 13.0. The van der Waals surface area contributed by atoms with Crippen molar-refractivity contribution in [3.8, 4) is 0 Å². The summed E-state index contributed by atoms with van der Waals surface area (Å²) in [6.45, 7) is 5.77. The molecule has 1 aromatic carbocycles. The molecule has 1 aromatic heterocycles. The van der Waals surface area contributed by atoms with E-state index >= 15 is 0 Å². The molecule has 0 aliphatic carbocycles. The molecule has 2 rings (SSSR count). The molecule has 0 bridgehead atoms. The lowest BCUT2D eigenvalue weighted by atomic mass is 10.1. The Labute approximate surface area is 107 Å². The second kappa shape index (κ2) is 5.40. The second-order valence-electron chi connectivity index (χ2n) is 4.12. The summed E-state index contributed by atoms with van der Waals surface area (Å²) < 4.78 is 0. The van der Waals surface area contributed by atoms with E-state index in [1.54, 1.807) is 0 Å².